The van der Waals surface area contributed by atoms with E-state index in [1.54, 1.807) is 0 Å². The maximum absolute atomic E-state index is 12.1. The monoisotopic (exact) mass is 342 g/mol. The van der Waals surface area contributed by atoms with Crippen molar-refractivity contribution in [2.45, 2.75) is 13.3 Å². The summed E-state index contributed by atoms with van der Waals surface area (Å²) in [7, 11) is 0. The minimum absolute atomic E-state index is 0.0373. The molecule has 1 aromatic rings. The summed E-state index contributed by atoms with van der Waals surface area (Å²) >= 11 is 13.5. The molecule has 0 saturated carbocycles. The van der Waals surface area contributed by atoms with Crippen LogP contribution in [0, 0.1) is 17.2 Å². The number of benzene rings is 1. The molecule has 1 amide bonds. The van der Waals surface area contributed by atoms with Gasteiger partial charge in [0, 0.05) is 25.6 Å². The van der Waals surface area contributed by atoms with Crippen LogP contribution in [0.5, 0.6) is 0 Å². The SMILES string of the molecule is CC(=O)SCC1CC(=O)N(c2c(Cl)cc(C#N)cc2Cl)C1. The van der Waals surface area contributed by atoms with Crippen molar-refractivity contribution < 1.29 is 9.59 Å². The van der Waals surface area contributed by atoms with Gasteiger partial charge in [-0.1, -0.05) is 35.0 Å². The quantitative estimate of drug-likeness (QED) is 0.843. The Kier molecular flexibility index (Phi) is 5.15. The van der Waals surface area contributed by atoms with Crippen molar-refractivity contribution in [1.29, 1.82) is 5.26 Å². The van der Waals surface area contributed by atoms with E-state index in [0.29, 0.717) is 30.0 Å². The molecule has 0 aromatic heterocycles. The molecule has 1 fully saturated rings. The lowest BCUT2D eigenvalue weighted by molar-refractivity contribution is -0.117. The molecule has 0 bridgehead atoms. The average molecular weight is 343 g/mol. The van der Waals surface area contributed by atoms with Gasteiger partial charge in [0.15, 0.2) is 5.12 Å². The first kappa shape index (κ1) is 16.2. The molecule has 0 radical (unpaired) electrons. The fraction of sp³-hybridized carbons (Fsp3) is 0.357. The number of halogens is 2. The van der Waals surface area contributed by atoms with E-state index in [9.17, 15) is 9.59 Å². The van der Waals surface area contributed by atoms with Crippen LogP contribution in [-0.4, -0.2) is 23.3 Å². The van der Waals surface area contributed by atoms with E-state index in [1.807, 2.05) is 6.07 Å². The zero-order valence-corrected chi connectivity index (χ0v) is 13.6. The highest BCUT2D eigenvalue weighted by Gasteiger charge is 2.33. The topological polar surface area (TPSA) is 61.2 Å². The van der Waals surface area contributed by atoms with Gasteiger partial charge in [-0.3, -0.25) is 9.59 Å². The van der Waals surface area contributed by atoms with E-state index in [4.69, 9.17) is 28.5 Å². The number of rotatable bonds is 3. The van der Waals surface area contributed by atoms with E-state index in [-0.39, 0.29) is 27.0 Å². The van der Waals surface area contributed by atoms with Crippen LogP contribution in [0.1, 0.15) is 18.9 Å². The highest BCUT2D eigenvalue weighted by atomic mass is 35.5. The number of amides is 1. The van der Waals surface area contributed by atoms with Gasteiger partial charge < -0.3 is 4.90 Å². The lowest BCUT2D eigenvalue weighted by Gasteiger charge is -2.20. The molecule has 7 heteroatoms. The van der Waals surface area contributed by atoms with Gasteiger partial charge in [-0.25, -0.2) is 0 Å². The highest BCUT2D eigenvalue weighted by molar-refractivity contribution is 8.13. The third-order valence-electron chi connectivity index (χ3n) is 3.14. The number of nitriles is 1. The smallest absolute Gasteiger partial charge is 0.227 e. The molecule has 1 atom stereocenters. The van der Waals surface area contributed by atoms with Crippen LogP contribution in [0.3, 0.4) is 0 Å². The van der Waals surface area contributed by atoms with Crippen molar-refractivity contribution >= 4 is 51.7 Å². The number of thioether (sulfide) groups is 1. The van der Waals surface area contributed by atoms with Crippen molar-refractivity contribution in [3.63, 3.8) is 0 Å². The molecule has 110 valence electrons. The summed E-state index contributed by atoms with van der Waals surface area (Å²) in [5.74, 6) is 0.621. The summed E-state index contributed by atoms with van der Waals surface area (Å²) in [5, 5.41) is 9.48. The Bertz CT molecular complexity index is 619. The molecule has 1 aromatic carbocycles. The Labute approximate surface area is 137 Å². The van der Waals surface area contributed by atoms with Gasteiger partial charge in [0.1, 0.15) is 0 Å². The zero-order chi connectivity index (χ0) is 15.6. The second kappa shape index (κ2) is 6.69. The third kappa shape index (κ3) is 3.70. The van der Waals surface area contributed by atoms with Crippen molar-refractivity contribution in [1.82, 2.24) is 0 Å². The molecule has 1 aliphatic heterocycles. The van der Waals surface area contributed by atoms with E-state index in [0.717, 1.165) is 0 Å². The van der Waals surface area contributed by atoms with E-state index in [2.05, 4.69) is 0 Å². The zero-order valence-electron chi connectivity index (χ0n) is 11.2. The lowest BCUT2D eigenvalue weighted by atomic mass is 10.1. The maximum Gasteiger partial charge on any atom is 0.227 e. The molecule has 0 spiro atoms. The molecule has 4 nitrogen and oxygen atoms in total. The summed E-state index contributed by atoms with van der Waals surface area (Å²) in [5.41, 5.74) is 0.793. The average Bonchev–Trinajstić information content (AvgIpc) is 2.77. The molecular formula is C14H12Cl2N2O2S. The molecule has 0 aliphatic carbocycles. The lowest BCUT2D eigenvalue weighted by Crippen LogP contribution is -2.25. The first-order valence-electron chi connectivity index (χ1n) is 6.25. The molecule has 1 unspecified atom stereocenters. The number of carbonyl (C=O) groups excluding carboxylic acids is 2. The molecule has 21 heavy (non-hydrogen) atoms. The number of hydrogen-bond donors (Lipinski definition) is 0. The van der Waals surface area contributed by atoms with Crippen LogP contribution in [0.25, 0.3) is 0 Å². The van der Waals surface area contributed by atoms with E-state index in [1.165, 1.54) is 35.7 Å². The molecule has 1 heterocycles. The van der Waals surface area contributed by atoms with Crippen LogP contribution in [-0.2, 0) is 9.59 Å². The number of hydrogen-bond acceptors (Lipinski definition) is 4. The van der Waals surface area contributed by atoms with Gasteiger partial charge in [-0.2, -0.15) is 5.26 Å². The van der Waals surface area contributed by atoms with Crippen LogP contribution < -0.4 is 4.90 Å². The summed E-state index contributed by atoms with van der Waals surface area (Å²) in [6.45, 7) is 1.98. The number of carbonyl (C=O) groups is 2. The van der Waals surface area contributed by atoms with Gasteiger partial charge in [0.05, 0.1) is 27.4 Å². The largest absolute Gasteiger partial charge is 0.309 e. The van der Waals surface area contributed by atoms with Gasteiger partial charge in [0.25, 0.3) is 0 Å². The summed E-state index contributed by atoms with van der Waals surface area (Å²) in [6.07, 6.45) is 0.368. The van der Waals surface area contributed by atoms with Crippen molar-refractivity contribution in [2.24, 2.45) is 5.92 Å². The predicted octanol–water partition coefficient (Wildman–Crippen LogP) is 3.50. The van der Waals surface area contributed by atoms with Gasteiger partial charge >= 0.3 is 0 Å². The minimum Gasteiger partial charge on any atom is -0.309 e. The molecule has 2 rings (SSSR count). The Balaban J connectivity index is 2.21. The normalized spacial score (nSPS) is 17.9. The summed E-state index contributed by atoms with van der Waals surface area (Å²) < 4.78 is 0. The Hall–Kier alpha value is -1.22. The second-order valence-electron chi connectivity index (χ2n) is 4.78. The van der Waals surface area contributed by atoms with Crippen molar-refractivity contribution in [3.05, 3.63) is 27.7 Å². The number of anilines is 1. The molecule has 0 N–H and O–H groups in total. The first-order valence-corrected chi connectivity index (χ1v) is 7.99. The Morgan fingerprint density at radius 1 is 1.48 bits per heavy atom. The third-order valence-corrected chi connectivity index (χ3v) is 4.76. The Morgan fingerprint density at radius 3 is 2.62 bits per heavy atom. The van der Waals surface area contributed by atoms with Crippen LogP contribution in [0.2, 0.25) is 10.0 Å². The fourth-order valence-electron chi connectivity index (χ4n) is 2.23. The fourth-order valence-corrected chi connectivity index (χ4v) is 3.62. The summed E-state index contributed by atoms with van der Waals surface area (Å²) in [6, 6.07) is 4.95. The minimum atomic E-state index is -0.0716. The standard InChI is InChI=1S/C14H12Cl2N2O2S/c1-8(19)21-7-10-4-13(20)18(6-10)14-11(15)2-9(5-17)3-12(14)16/h2-3,10H,4,6-7H2,1H3. The molecular weight excluding hydrogens is 331 g/mol. The van der Waals surface area contributed by atoms with E-state index < -0.39 is 0 Å². The first-order chi connectivity index (χ1) is 9.92. The Morgan fingerprint density at radius 2 is 2.10 bits per heavy atom. The number of nitrogens with zero attached hydrogens (tertiary/aromatic N) is 2. The van der Waals surface area contributed by atoms with Crippen molar-refractivity contribution in [2.75, 3.05) is 17.2 Å². The van der Waals surface area contributed by atoms with Gasteiger partial charge in [-0.15, -0.1) is 0 Å². The van der Waals surface area contributed by atoms with Crippen LogP contribution >= 0.6 is 35.0 Å². The highest BCUT2D eigenvalue weighted by Crippen LogP contribution is 2.38. The van der Waals surface area contributed by atoms with Crippen LogP contribution in [0.4, 0.5) is 5.69 Å². The summed E-state index contributed by atoms with van der Waals surface area (Å²) in [4.78, 5) is 24.7. The van der Waals surface area contributed by atoms with Gasteiger partial charge in [-0.05, 0) is 18.1 Å². The predicted molar refractivity (Wildman–Crippen MR) is 84.8 cm³/mol. The molecule has 1 aliphatic rings. The maximum atomic E-state index is 12.1. The van der Waals surface area contributed by atoms with Crippen molar-refractivity contribution in [3.8, 4) is 6.07 Å². The second-order valence-corrected chi connectivity index (χ2v) is 6.79. The molecule has 1 saturated heterocycles. The van der Waals surface area contributed by atoms with Gasteiger partial charge in [0.2, 0.25) is 5.91 Å². The van der Waals surface area contributed by atoms with E-state index >= 15 is 0 Å². The van der Waals surface area contributed by atoms with Crippen LogP contribution in [0.15, 0.2) is 12.1 Å².